The van der Waals surface area contributed by atoms with E-state index in [0.29, 0.717) is 29.2 Å². The molecule has 0 aromatic heterocycles. The minimum atomic E-state index is -3.57. The zero-order valence-electron chi connectivity index (χ0n) is 18.5. The average molecular weight is 453 g/mol. The Bertz CT molecular complexity index is 1190. The van der Waals surface area contributed by atoms with E-state index in [9.17, 15) is 13.2 Å². The Hall–Kier alpha value is -3.16. The first-order valence-corrected chi connectivity index (χ1v) is 12.1. The number of sulfonamides is 1. The van der Waals surface area contributed by atoms with Gasteiger partial charge in [0.25, 0.3) is 5.91 Å². The molecule has 1 amide bonds. The highest BCUT2D eigenvalue weighted by Crippen LogP contribution is 2.30. The molecule has 2 N–H and O–H groups in total. The summed E-state index contributed by atoms with van der Waals surface area (Å²) in [6.45, 7) is 6.22. The SMILES string of the molecule is CCOc1c(CNS(=O)(=O)Cc2ccc(C)c(C)c2)cccc1NC(=O)c1ccccc1. The first-order chi connectivity index (χ1) is 15.3. The Labute approximate surface area is 189 Å². The summed E-state index contributed by atoms with van der Waals surface area (Å²) in [6, 6.07) is 19.8. The predicted molar refractivity (Wildman–Crippen MR) is 127 cm³/mol. The second kappa shape index (κ2) is 10.4. The lowest BCUT2D eigenvalue weighted by Gasteiger charge is -2.16. The van der Waals surface area contributed by atoms with Gasteiger partial charge in [0.05, 0.1) is 18.0 Å². The van der Waals surface area contributed by atoms with Crippen LogP contribution in [-0.4, -0.2) is 20.9 Å². The van der Waals surface area contributed by atoms with E-state index in [1.807, 2.05) is 45.0 Å². The lowest BCUT2D eigenvalue weighted by atomic mass is 10.1. The van der Waals surface area contributed by atoms with Crippen LogP contribution < -0.4 is 14.8 Å². The van der Waals surface area contributed by atoms with Crippen molar-refractivity contribution in [1.82, 2.24) is 4.72 Å². The van der Waals surface area contributed by atoms with E-state index in [-0.39, 0.29) is 18.2 Å². The molecule has 0 saturated carbocycles. The van der Waals surface area contributed by atoms with Crippen LogP contribution in [0.5, 0.6) is 5.75 Å². The number of amides is 1. The summed E-state index contributed by atoms with van der Waals surface area (Å²) in [7, 11) is -3.57. The number of aryl methyl sites for hydroxylation is 2. The normalized spacial score (nSPS) is 11.2. The van der Waals surface area contributed by atoms with Crippen molar-refractivity contribution in [3.05, 3.63) is 94.5 Å². The van der Waals surface area contributed by atoms with Gasteiger partial charge in [0.1, 0.15) is 5.75 Å². The van der Waals surface area contributed by atoms with Crippen LogP contribution in [0.3, 0.4) is 0 Å². The van der Waals surface area contributed by atoms with Crippen LogP contribution in [0.2, 0.25) is 0 Å². The fourth-order valence-corrected chi connectivity index (χ4v) is 4.37. The maximum atomic E-state index is 12.7. The molecule has 0 saturated heterocycles. The highest BCUT2D eigenvalue weighted by molar-refractivity contribution is 7.88. The summed E-state index contributed by atoms with van der Waals surface area (Å²) in [5.41, 5.74) is 4.56. The van der Waals surface area contributed by atoms with Gasteiger partial charge in [0, 0.05) is 17.7 Å². The van der Waals surface area contributed by atoms with E-state index >= 15 is 0 Å². The molecule has 0 radical (unpaired) electrons. The Balaban J connectivity index is 1.76. The largest absolute Gasteiger partial charge is 0.491 e. The quantitative estimate of drug-likeness (QED) is 0.498. The van der Waals surface area contributed by atoms with Crippen LogP contribution in [0.25, 0.3) is 0 Å². The van der Waals surface area contributed by atoms with E-state index in [0.717, 1.165) is 16.7 Å². The molecular weight excluding hydrogens is 424 g/mol. The molecule has 0 fully saturated rings. The van der Waals surface area contributed by atoms with Gasteiger partial charge in [0.15, 0.2) is 0 Å². The van der Waals surface area contributed by atoms with Gasteiger partial charge in [0.2, 0.25) is 10.0 Å². The fourth-order valence-electron chi connectivity index (χ4n) is 3.27. The molecule has 0 bridgehead atoms. The molecule has 0 spiro atoms. The fraction of sp³-hybridized carbons (Fsp3) is 0.240. The molecule has 0 atom stereocenters. The third kappa shape index (κ3) is 6.18. The van der Waals surface area contributed by atoms with Gasteiger partial charge in [-0.3, -0.25) is 4.79 Å². The Morgan fingerprint density at radius 1 is 0.938 bits per heavy atom. The van der Waals surface area contributed by atoms with Crippen molar-refractivity contribution in [3.63, 3.8) is 0 Å². The van der Waals surface area contributed by atoms with Crippen molar-refractivity contribution >= 4 is 21.6 Å². The molecule has 3 aromatic rings. The second-order valence-corrected chi connectivity index (χ2v) is 9.35. The van der Waals surface area contributed by atoms with E-state index < -0.39 is 10.0 Å². The van der Waals surface area contributed by atoms with Gasteiger partial charge < -0.3 is 10.1 Å². The van der Waals surface area contributed by atoms with E-state index in [2.05, 4.69) is 10.0 Å². The van der Waals surface area contributed by atoms with Crippen molar-refractivity contribution in [2.24, 2.45) is 0 Å². The van der Waals surface area contributed by atoms with E-state index in [4.69, 9.17) is 4.74 Å². The Morgan fingerprint density at radius 3 is 2.38 bits per heavy atom. The number of anilines is 1. The van der Waals surface area contributed by atoms with Crippen LogP contribution in [0, 0.1) is 13.8 Å². The summed E-state index contributed by atoms with van der Waals surface area (Å²) < 4.78 is 33.7. The minimum absolute atomic E-state index is 0.0531. The molecular formula is C25H28N2O4S. The molecule has 7 heteroatoms. The summed E-state index contributed by atoms with van der Waals surface area (Å²) in [6.07, 6.45) is 0. The third-order valence-electron chi connectivity index (χ3n) is 5.08. The van der Waals surface area contributed by atoms with Crippen molar-refractivity contribution in [2.75, 3.05) is 11.9 Å². The molecule has 6 nitrogen and oxygen atoms in total. The van der Waals surface area contributed by atoms with Crippen molar-refractivity contribution in [3.8, 4) is 5.75 Å². The van der Waals surface area contributed by atoms with Gasteiger partial charge in [-0.05, 0) is 55.7 Å². The maximum absolute atomic E-state index is 12.7. The molecule has 32 heavy (non-hydrogen) atoms. The molecule has 0 aliphatic heterocycles. The standard InChI is InChI=1S/C25H28N2O4S/c1-4-31-24-22(11-8-12-23(24)27-25(28)21-9-6-5-7-10-21)16-26-32(29,30)17-20-14-13-18(2)19(3)15-20/h5-15,26H,4,16-17H2,1-3H3,(H,27,28). The monoisotopic (exact) mass is 452 g/mol. The van der Waals surface area contributed by atoms with Gasteiger partial charge in [-0.2, -0.15) is 0 Å². The second-order valence-electron chi connectivity index (χ2n) is 7.55. The molecule has 0 aliphatic rings. The first kappa shape index (κ1) is 23.5. The van der Waals surface area contributed by atoms with Crippen molar-refractivity contribution in [2.45, 2.75) is 33.1 Å². The highest BCUT2D eigenvalue weighted by Gasteiger charge is 2.17. The zero-order chi connectivity index (χ0) is 23.1. The number of benzene rings is 3. The lowest BCUT2D eigenvalue weighted by Crippen LogP contribution is -2.25. The van der Waals surface area contributed by atoms with E-state index in [1.54, 1.807) is 42.5 Å². The number of nitrogens with one attached hydrogen (secondary N) is 2. The first-order valence-electron chi connectivity index (χ1n) is 10.4. The summed E-state index contributed by atoms with van der Waals surface area (Å²) in [5, 5.41) is 2.86. The molecule has 3 rings (SSSR count). The van der Waals surface area contributed by atoms with Crippen LogP contribution in [-0.2, 0) is 22.3 Å². The number of carbonyl (C=O) groups is 1. The molecule has 0 unspecified atom stereocenters. The number of ether oxygens (including phenoxy) is 1. The van der Waals surface area contributed by atoms with E-state index in [1.165, 1.54) is 0 Å². The van der Waals surface area contributed by atoms with Gasteiger partial charge >= 0.3 is 0 Å². The topological polar surface area (TPSA) is 84.5 Å². The molecule has 0 heterocycles. The predicted octanol–water partition coefficient (Wildman–Crippen LogP) is 4.57. The minimum Gasteiger partial charge on any atom is -0.491 e. The smallest absolute Gasteiger partial charge is 0.255 e. The van der Waals surface area contributed by atoms with Crippen LogP contribution in [0.4, 0.5) is 5.69 Å². The van der Waals surface area contributed by atoms with Gasteiger partial charge in [-0.15, -0.1) is 0 Å². The number of carbonyl (C=O) groups excluding carboxylic acids is 1. The Kier molecular flexibility index (Phi) is 7.66. The van der Waals surface area contributed by atoms with Crippen molar-refractivity contribution in [1.29, 1.82) is 0 Å². The maximum Gasteiger partial charge on any atom is 0.255 e. The van der Waals surface area contributed by atoms with Crippen molar-refractivity contribution < 1.29 is 17.9 Å². The Morgan fingerprint density at radius 2 is 1.69 bits per heavy atom. The number of rotatable bonds is 9. The van der Waals surface area contributed by atoms with Gasteiger partial charge in [-0.1, -0.05) is 48.5 Å². The zero-order valence-corrected chi connectivity index (χ0v) is 19.3. The molecule has 3 aromatic carbocycles. The lowest BCUT2D eigenvalue weighted by molar-refractivity contribution is 0.102. The summed E-state index contributed by atoms with van der Waals surface area (Å²) >= 11 is 0. The van der Waals surface area contributed by atoms with Crippen LogP contribution in [0.1, 0.15) is 39.5 Å². The highest BCUT2D eigenvalue weighted by atomic mass is 32.2. The number of hydrogen-bond acceptors (Lipinski definition) is 4. The average Bonchev–Trinajstić information content (AvgIpc) is 2.77. The van der Waals surface area contributed by atoms with Crippen LogP contribution >= 0.6 is 0 Å². The summed E-state index contributed by atoms with van der Waals surface area (Å²) in [4.78, 5) is 12.6. The molecule has 168 valence electrons. The number of hydrogen-bond donors (Lipinski definition) is 2. The third-order valence-corrected chi connectivity index (χ3v) is 6.38. The van der Waals surface area contributed by atoms with Gasteiger partial charge in [-0.25, -0.2) is 13.1 Å². The van der Waals surface area contributed by atoms with Crippen LogP contribution in [0.15, 0.2) is 66.7 Å². The number of para-hydroxylation sites is 1. The summed E-state index contributed by atoms with van der Waals surface area (Å²) in [5.74, 6) is 0.0786. The molecule has 0 aliphatic carbocycles.